The lowest BCUT2D eigenvalue weighted by atomic mass is 9.96. The molecule has 1 N–H and O–H groups in total. The number of nitrogens with one attached hydrogen (secondary N) is 1. The van der Waals surface area contributed by atoms with Gasteiger partial charge in [0.1, 0.15) is 0 Å². The van der Waals surface area contributed by atoms with Gasteiger partial charge in [-0.3, -0.25) is 4.79 Å². The van der Waals surface area contributed by atoms with Crippen LogP contribution in [0.15, 0.2) is 30.3 Å². The lowest BCUT2D eigenvalue weighted by Crippen LogP contribution is -2.27. The van der Waals surface area contributed by atoms with E-state index in [4.69, 9.17) is 4.74 Å². The number of carbonyl (C=O) groups excluding carboxylic acids is 1. The molecule has 2 rings (SSSR count). The van der Waals surface area contributed by atoms with Crippen LogP contribution in [-0.2, 0) is 0 Å². The highest BCUT2D eigenvalue weighted by atomic mass is 19.1. The maximum atomic E-state index is 13.7. The summed E-state index contributed by atoms with van der Waals surface area (Å²) in [5.74, 6) is -0.730. The second kappa shape index (κ2) is 6.82. The van der Waals surface area contributed by atoms with Gasteiger partial charge in [0, 0.05) is 5.56 Å². The summed E-state index contributed by atoms with van der Waals surface area (Å²) >= 11 is 0. The van der Waals surface area contributed by atoms with E-state index in [-0.39, 0.29) is 23.3 Å². The van der Waals surface area contributed by atoms with Crippen molar-refractivity contribution in [2.75, 3.05) is 7.11 Å². The van der Waals surface area contributed by atoms with E-state index in [1.54, 1.807) is 6.07 Å². The molecule has 0 bridgehead atoms. The van der Waals surface area contributed by atoms with Gasteiger partial charge in [-0.2, -0.15) is 0 Å². The molecule has 0 aromatic heterocycles. The predicted molar refractivity (Wildman–Crippen MR) is 89.5 cm³/mol. The monoisotopic (exact) mass is 315 g/mol. The van der Waals surface area contributed by atoms with E-state index < -0.39 is 5.82 Å². The summed E-state index contributed by atoms with van der Waals surface area (Å²) < 4.78 is 18.6. The first-order chi connectivity index (χ1) is 10.8. The first kappa shape index (κ1) is 17.0. The average Bonchev–Trinajstić information content (AvgIpc) is 2.50. The minimum absolute atomic E-state index is 0.125. The summed E-state index contributed by atoms with van der Waals surface area (Å²) in [7, 11) is 1.39. The van der Waals surface area contributed by atoms with Gasteiger partial charge < -0.3 is 10.1 Å². The second-order valence-electron chi connectivity index (χ2n) is 5.84. The van der Waals surface area contributed by atoms with Crippen LogP contribution >= 0.6 is 0 Å². The molecule has 0 saturated carbocycles. The number of rotatable bonds is 4. The SMILES string of the molecule is COc1ccc(C(=O)N[C@H](C)c2cc(C)c(C)cc2C)cc1F. The predicted octanol–water partition coefficient (Wildman–Crippen LogP) is 4.25. The van der Waals surface area contributed by atoms with Gasteiger partial charge in [0.05, 0.1) is 13.2 Å². The summed E-state index contributed by atoms with van der Waals surface area (Å²) in [4.78, 5) is 12.3. The van der Waals surface area contributed by atoms with Gasteiger partial charge in [-0.1, -0.05) is 12.1 Å². The number of methoxy groups -OCH3 is 1. The Morgan fingerprint density at radius 2 is 1.74 bits per heavy atom. The number of ether oxygens (including phenoxy) is 1. The van der Waals surface area contributed by atoms with Crippen molar-refractivity contribution in [3.63, 3.8) is 0 Å². The summed E-state index contributed by atoms with van der Waals surface area (Å²) in [6.45, 7) is 8.06. The Bertz CT molecular complexity index is 740. The molecule has 0 radical (unpaired) electrons. The standard InChI is InChI=1S/C19H22FNO2/c1-11-8-13(3)16(9-12(11)2)14(4)21-19(22)15-6-7-18(23-5)17(20)10-15/h6-10,14H,1-5H3,(H,21,22)/t14-/m1/s1. The number of hydrogen-bond acceptors (Lipinski definition) is 2. The number of hydrogen-bond donors (Lipinski definition) is 1. The molecule has 23 heavy (non-hydrogen) atoms. The van der Waals surface area contributed by atoms with Crippen LogP contribution in [0.25, 0.3) is 0 Å². The molecule has 122 valence electrons. The first-order valence-corrected chi connectivity index (χ1v) is 7.55. The number of amides is 1. The van der Waals surface area contributed by atoms with E-state index >= 15 is 0 Å². The van der Waals surface area contributed by atoms with Crippen molar-refractivity contribution in [1.29, 1.82) is 0 Å². The van der Waals surface area contributed by atoms with Crippen LogP contribution in [0.5, 0.6) is 5.75 Å². The van der Waals surface area contributed by atoms with Gasteiger partial charge in [0.2, 0.25) is 0 Å². The Labute approximate surface area is 136 Å². The van der Waals surface area contributed by atoms with Gasteiger partial charge in [-0.05, 0) is 68.1 Å². The Hall–Kier alpha value is -2.36. The zero-order valence-corrected chi connectivity index (χ0v) is 14.2. The highest BCUT2D eigenvalue weighted by molar-refractivity contribution is 5.94. The molecule has 0 heterocycles. The third-order valence-electron chi connectivity index (χ3n) is 4.11. The molecular weight excluding hydrogens is 293 g/mol. The maximum Gasteiger partial charge on any atom is 0.251 e. The smallest absolute Gasteiger partial charge is 0.251 e. The molecule has 0 unspecified atom stereocenters. The van der Waals surface area contributed by atoms with E-state index in [1.807, 2.05) is 20.8 Å². The molecule has 0 saturated heterocycles. The minimum atomic E-state index is -0.546. The number of benzene rings is 2. The van der Waals surface area contributed by atoms with Crippen molar-refractivity contribution in [2.24, 2.45) is 0 Å². The fourth-order valence-electron chi connectivity index (χ4n) is 2.61. The van der Waals surface area contributed by atoms with Crippen LogP contribution in [0.2, 0.25) is 0 Å². The molecule has 2 aromatic carbocycles. The summed E-state index contributed by atoms with van der Waals surface area (Å²) in [5.41, 5.74) is 4.87. The molecule has 4 heteroatoms. The van der Waals surface area contributed by atoms with Crippen molar-refractivity contribution in [2.45, 2.75) is 33.7 Å². The van der Waals surface area contributed by atoms with Crippen LogP contribution in [0.4, 0.5) is 4.39 Å². The van der Waals surface area contributed by atoms with E-state index in [0.29, 0.717) is 0 Å². The van der Waals surface area contributed by atoms with Crippen molar-refractivity contribution in [3.05, 3.63) is 64.0 Å². The highest BCUT2D eigenvalue weighted by Gasteiger charge is 2.15. The molecule has 1 amide bonds. The zero-order valence-electron chi connectivity index (χ0n) is 14.2. The fraction of sp³-hybridized carbons (Fsp3) is 0.316. The van der Waals surface area contributed by atoms with Crippen LogP contribution in [0.3, 0.4) is 0 Å². The Morgan fingerprint density at radius 1 is 1.09 bits per heavy atom. The van der Waals surface area contributed by atoms with Crippen LogP contribution in [-0.4, -0.2) is 13.0 Å². The third-order valence-corrected chi connectivity index (χ3v) is 4.11. The molecule has 0 aliphatic rings. The fourth-order valence-corrected chi connectivity index (χ4v) is 2.61. The lowest BCUT2D eigenvalue weighted by molar-refractivity contribution is 0.0939. The highest BCUT2D eigenvalue weighted by Crippen LogP contribution is 2.23. The number of halogens is 1. The summed E-state index contributed by atoms with van der Waals surface area (Å²) in [6, 6.07) is 8.23. The van der Waals surface area contributed by atoms with E-state index in [9.17, 15) is 9.18 Å². The molecular formula is C19H22FNO2. The molecule has 0 aliphatic heterocycles. The van der Waals surface area contributed by atoms with Gasteiger partial charge in [0.15, 0.2) is 11.6 Å². The average molecular weight is 315 g/mol. The zero-order chi connectivity index (χ0) is 17.1. The minimum Gasteiger partial charge on any atom is -0.494 e. The van der Waals surface area contributed by atoms with Crippen molar-refractivity contribution < 1.29 is 13.9 Å². The molecule has 0 fully saturated rings. The number of carbonyl (C=O) groups is 1. The molecule has 3 nitrogen and oxygen atoms in total. The van der Waals surface area contributed by atoms with Gasteiger partial charge >= 0.3 is 0 Å². The second-order valence-corrected chi connectivity index (χ2v) is 5.84. The molecule has 2 aromatic rings. The normalized spacial score (nSPS) is 11.9. The molecule has 0 spiro atoms. The first-order valence-electron chi connectivity index (χ1n) is 7.55. The van der Waals surface area contributed by atoms with Crippen LogP contribution in [0.1, 0.15) is 45.6 Å². The van der Waals surface area contributed by atoms with Crippen molar-refractivity contribution in [3.8, 4) is 5.75 Å². The van der Waals surface area contributed by atoms with Crippen LogP contribution < -0.4 is 10.1 Å². The molecule has 0 aliphatic carbocycles. The van der Waals surface area contributed by atoms with Gasteiger partial charge in [-0.25, -0.2) is 4.39 Å². The quantitative estimate of drug-likeness (QED) is 0.916. The van der Waals surface area contributed by atoms with Crippen LogP contribution in [0, 0.1) is 26.6 Å². The van der Waals surface area contributed by atoms with Crippen molar-refractivity contribution >= 4 is 5.91 Å². The maximum absolute atomic E-state index is 13.7. The third kappa shape index (κ3) is 3.70. The van der Waals surface area contributed by atoms with E-state index in [1.165, 1.54) is 30.4 Å². The van der Waals surface area contributed by atoms with E-state index in [2.05, 4.69) is 24.4 Å². The Kier molecular flexibility index (Phi) is 5.04. The van der Waals surface area contributed by atoms with Gasteiger partial charge in [0.25, 0.3) is 5.91 Å². The topological polar surface area (TPSA) is 38.3 Å². The summed E-state index contributed by atoms with van der Waals surface area (Å²) in [5, 5.41) is 2.92. The Balaban J connectivity index is 2.20. The largest absolute Gasteiger partial charge is 0.494 e. The van der Waals surface area contributed by atoms with E-state index in [0.717, 1.165) is 11.1 Å². The van der Waals surface area contributed by atoms with Gasteiger partial charge in [-0.15, -0.1) is 0 Å². The Morgan fingerprint density at radius 3 is 2.35 bits per heavy atom. The molecule has 1 atom stereocenters. The number of aryl methyl sites for hydroxylation is 3. The lowest BCUT2D eigenvalue weighted by Gasteiger charge is -2.18. The summed E-state index contributed by atoms with van der Waals surface area (Å²) in [6.07, 6.45) is 0. The van der Waals surface area contributed by atoms with Crippen molar-refractivity contribution in [1.82, 2.24) is 5.32 Å².